The van der Waals surface area contributed by atoms with Crippen molar-refractivity contribution in [2.24, 2.45) is 0 Å². The fourth-order valence-corrected chi connectivity index (χ4v) is 2.55. The molecule has 0 saturated carbocycles. The van der Waals surface area contributed by atoms with Crippen molar-refractivity contribution in [1.29, 1.82) is 0 Å². The van der Waals surface area contributed by atoms with Gasteiger partial charge in [0.15, 0.2) is 11.5 Å². The van der Waals surface area contributed by atoms with E-state index >= 15 is 0 Å². The number of hydrogen-bond acceptors (Lipinski definition) is 4. The lowest BCUT2D eigenvalue weighted by Crippen LogP contribution is -1.99. The van der Waals surface area contributed by atoms with Crippen LogP contribution in [0.25, 0.3) is 11.2 Å². The largest absolute Gasteiger partial charge is 0.399 e. The van der Waals surface area contributed by atoms with E-state index in [4.69, 9.17) is 5.73 Å². The van der Waals surface area contributed by atoms with Crippen LogP contribution >= 0.6 is 0 Å². The number of allylic oxidation sites excluding steroid dienone is 4. The minimum atomic E-state index is 0.699. The normalized spacial score (nSPS) is 11.9. The SMILES string of the molecule is C/C=C(C)\C=C(/C)c1cnc2c(Nc3cccc(N)c3)nccn12.CC. The summed E-state index contributed by atoms with van der Waals surface area (Å²) in [7, 11) is 0. The predicted octanol–water partition coefficient (Wildman–Crippen LogP) is 5.45. The van der Waals surface area contributed by atoms with E-state index in [0.717, 1.165) is 22.6 Å². The summed E-state index contributed by atoms with van der Waals surface area (Å²) in [4.78, 5) is 8.95. The molecule has 3 aromatic rings. The summed E-state index contributed by atoms with van der Waals surface area (Å²) in [6.45, 7) is 10.2. The minimum Gasteiger partial charge on any atom is -0.399 e. The molecule has 0 aliphatic rings. The number of hydrogen-bond donors (Lipinski definition) is 2. The van der Waals surface area contributed by atoms with Crippen LogP contribution in [0.15, 0.2) is 60.6 Å². The number of imidazole rings is 1. The number of nitrogens with zero attached hydrogens (tertiary/aromatic N) is 3. The van der Waals surface area contributed by atoms with Crippen molar-refractivity contribution in [2.75, 3.05) is 11.1 Å². The summed E-state index contributed by atoms with van der Waals surface area (Å²) in [5.74, 6) is 0.699. The third-order valence-corrected chi connectivity index (χ3v) is 3.88. The van der Waals surface area contributed by atoms with E-state index in [9.17, 15) is 0 Å². The van der Waals surface area contributed by atoms with Gasteiger partial charge in [0.05, 0.1) is 11.9 Å². The summed E-state index contributed by atoms with van der Waals surface area (Å²) in [6.07, 6.45) is 9.79. The Morgan fingerprint density at radius 2 is 1.96 bits per heavy atom. The molecule has 0 saturated heterocycles. The van der Waals surface area contributed by atoms with Crippen molar-refractivity contribution in [3.8, 4) is 0 Å². The van der Waals surface area contributed by atoms with Crippen LogP contribution in [0.2, 0.25) is 0 Å². The van der Waals surface area contributed by atoms with Crippen LogP contribution in [0.3, 0.4) is 0 Å². The Morgan fingerprint density at radius 3 is 2.65 bits per heavy atom. The van der Waals surface area contributed by atoms with E-state index < -0.39 is 0 Å². The smallest absolute Gasteiger partial charge is 0.180 e. The van der Waals surface area contributed by atoms with Crippen molar-refractivity contribution in [3.05, 3.63) is 66.3 Å². The average molecular weight is 349 g/mol. The van der Waals surface area contributed by atoms with E-state index in [-0.39, 0.29) is 0 Å². The average Bonchev–Trinajstić information content (AvgIpc) is 3.08. The standard InChI is InChI=1S/C19H21N5.C2H6/c1-4-13(2)10-14(3)17-12-22-19-18(21-8-9-24(17)19)23-16-7-5-6-15(20)11-16;1-2/h4-12H,20H2,1-3H3,(H,21,23);1-2H3/b13-4-,14-10+;. The maximum Gasteiger partial charge on any atom is 0.180 e. The molecule has 2 heterocycles. The van der Waals surface area contributed by atoms with Gasteiger partial charge in [-0.15, -0.1) is 0 Å². The molecule has 0 radical (unpaired) electrons. The molecular formula is C21H27N5. The van der Waals surface area contributed by atoms with Gasteiger partial charge in [-0.1, -0.05) is 37.6 Å². The van der Waals surface area contributed by atoms with Gasteiger partial charge in [0, 0.05) is 23.8 Å². The highest BCUT2D eigenvalue weighted by Crippen LogP contribution is 2.24. The molecule has 0 fully saturated rings. The zero-order valence-corrected chi connectivity index (χ0v) is 16.1. The molecule has 26 heavy (non-hydrogen) atoms. The molecule has 136 valence electrons. The second kappa shape index (κ2) is 8.85. The molecule has 5 heteroatoms. The summed E-state index contributed by atoms with van der Waals surface area (Å²) in [5.41, 5.74) is 11.6. The zero-order valence-electron chi connectivity index (χ0n) is 16.1. The Labute approximate surface area is 155 Å². The van der Waals surface area contributed by atoms with E-state index in [1.807, 2.05) is 61.8 Å². The molecule has 3 N–H and O–H groups in total. The topological polar surface area (TPSA) is 68.2 Å². The first-order valence-corrected chi connectivity index (χ1v) is 8.84. The summed E-state index contributed by atoms with van der Waals surface area (Å²) in [5, 5.41) is 3.29. The van der Waals surface area contributed by atoms with Gasteiger partial charge < -0.3 is 11.1 Å². The van der Waals surface area contributed by atoms with Gasteiger partial charge in [-0.05, 0) is 44.5 Å². The second-order valence-electron chi connectivity index (χ2n) is 5.72. The molecule has 0 amide bonds. The van der Waals surface area contributed by atoms with Crippen LogP contribution < -0.4 is 11.1 Å². The van der Waals surface area contributed by atoms with Gasteiger partial charge in [0.25, 0.3) is 0 Å². The van der Waals surface area contributed by atoms with Gasteiger partial charge >= 0.3 is 0 Å². The fourth-order valence-electron chi connectivity index (χ4n) is 2.55. The highest BCUT2D eigenvalue weighted by molar-refractivity contribution is 5.74. The monoisotopic (exact) mass is 349 g/mol. The minimum absolute atomic E-state index is 0.699. The molecule has 0 unspecified atom stereocenters. The van der Waals surface area contributed by atoms with Gasteiger partial charge in [0.1, 0.15) is 0 Å². The van der Waals surface area contributed by atoms with Crippen LogP contribution in [-0.2, 0) is 0 Å². The van der Waals surface area contributed by atoms with Gasteiger partial charge in [-0.3, -0.25) is 4.40 Å². The Balaban J connectivity index is 0.00000117. The van der Waals surface area contributed by atoms with Crippen molar-refractivity contribution in [3.63, 3.8) is 0 Å². The first kappa shape index (κ1) is 19.2. The first-order valence-electron chi connectivity index (χ1n) is 8.84. The van der Waals surface area contributed by atoms with Crippen molar-refractivity contribution in [1.82, 2.24) is 14.4 Å². The highest BCUT2D eigenvalue weighted by atomic mass is 15.1. The molecule has 0 bridgehead atoms. The number of aromatic nitrogens is 3. The van der Waals surface area contributed by atoms with E-state index in [2.05, 4.69) is 41.3 Å². The number of fused-ring (bicyclic) bond motifs is 1. The molecule has 5 nitrogen and oxygen atoms in total. The third kappa shape index (κ3) is 4.30. The van der Waals surface area contributed by atoms with Crippen LogP contribution in [0.5, 0.6) is 0 Å². The molecule has 0 aliphatic heterocycles. The van der Waals surface area contributed by atoms with Gasteiger partial charge in [-0.25, -0.2) is 9.97 Å². The summed E-state index contributed by atoms with van der Waals surface area (Å²) in [6, 6.07) is 7.58. The van der Waals surface area contributed by atoms with Crippen molar-refractivity contribution in [2.45, 2.75) is 34.6 Å². The zero-order chi connectivity index (χ0) is 19.1. The van der Waals surface area contributed by atoms with E-state index in [0.29, 0.717) is 11.5 Å². The van der Waals surface area contributed by atoms with Gasteiger partial charge in [0.2, 0.25) is 0 Å². The number of rotatable bonds is 4. The number of nitrogens with two attached hydrogens (primary N) is 1. The molecule has 2 aromatic heterocycles. The molecule has 0 spiro atoms. The maximum absolute atomic E-state index is 5.83. The number of nitrogens with one attached hydrogen (secondary N) is 1. The Kier molecular flexibility index (Phi) is 6.55. The van der Waals surface area contributed by atoms with Crippen molar-refractivity contribution >= 4 is 28.4 Å². The molecule has 1 aromatic carbocycles. The van der Waals surface area contributed by atoms with Crippen LogP contribution in [0, 0.1) is 0 Å². The van der Waals surface area contributed by atoms with Crippen LogP contribution in [0.1, 0.15) is 40.3 Å². The third-order valence-electron chi connectivity index (χ3n) is 3.88. The van der Waals surface area contributed by atoms with E-state index in [1.54, 1.807) is 6.20 Å². The number of benzene rings is 1. The van der Waals surface area contributed by atoms with Crippen molar-refractivity contribution < 1.29 is 0 Å². The lowest BCUT2D eigenvalue weighted by molar-refractivity contribution is 1.11. The lowest BCUT2D eigenvalue weighted by atomic mass is 10.1. The Bertz CT molecular complexity index is 934. The Morgan fingerprint density at radius 1 is 1.19 bits per heavy atom. The maximum atomic E-state index is 5.83. The summed E-state index contributed by atoms with van der Waals surface area (Å²) >= 11 is 0. The summed E-state index contributed by atoms with van der Waals surface area (Å²) < 4.78 is 2.04. The van der Waals surface area contributed by atoms with E-state index in [1.165, 1.54) is 5.57 Å². The highest BCUT2D eigenvalue weighted by Gasteiger charge is 2.10. The second-order valence-corrected chi connectivity index (χ2v) is 5.72. The fraction of sp³-hybridized carbons (Fsp3) is 0.238. The molecule has 3 rings (SSSR count). The molecular weight excluding hydrogens is 322 g/mol. The molecule has 0 aliphatic carbocycles. The predicted molar refractivity (Wildman–Crippen MR) is 112 cm³/mol. The van der Waals surface area contributed by atoms with Crippen LogP contribution in [0.4, 0.5) is 17.2 Å². The number of anilines is 3. The first-order chi connectivity index (χ1) is 12.6. The Hall–Kier alpha value is -3.08. The van der Waals surface area contributed by atoms with Crippen LogP contribution in [-0.4, -0.2) is 14.4 Å². The molecule has 0 atom stereocenters. The van der Waals surface area contributed by atoms with Gasteiger partial charge in [-0.2, -0.15) is 0 Å². The number of nitrogen functional groups attached to an aromatic ring is 1. The quantitative estimate of drug-likeness (QED) is 0.485. The lowest BCUT2D eigenvalue weighted by Gasteiger charge is -2.08.